The lowest BCUT2D eigenvalue weighted by molar-refractivity contribution is -0.127. The molecule has 1 aliphatic heterocycles. The normalized spacial score (nSPS) is 20.3. The van der Waals surface area contributed by atoms with Gasteiger partial charge in [0.2, 0.25) is 5.91 Å². The number of nitrogens with zero attached hydrogens (tertiary/aromatic N) is 1. The summed E-state index contributed by atoms with van der Waals surface area (Å²) < 4.78 is 26.1. The van der Waals surface area contributed by atoms with E-state index in [9.17, 15) is 13.6 Å². The zero-order valence-corrected chi connectivity index (χ0v) is 15.4. The topological polar surface area (TPSA) is 32.3 Å². The van der Waals surface area contributed by atoms with Crippen LogP contribution >= 0.6 is 0 Å². The van der Waals surface area contributed by atoms with Gasteiger partial charge >= 0.3 is 0 Å². The van der Waals surface area contributed by atoms with E-state index in [0.717, 1.165) is 17.7 Å². The van der Waals surface area contributed by atoms with Gasteiger partial charge in [0.05, 0.1) is 5.92 Å². The molecule has 0 spiro atoms. The van der Waals surface area contributed by atoms with Gasteiger partial charge in [-0.25, -0.2) is 8.78 Å². The maximum atomic E-state index is 13.1. The predicted octanol–water partition coefficient (Wildman–Crippen LogP) is 4.05. The van der Waals surface area contributed by atoms with Crippen molar-refractivity contribution in [2.45, 2.75) is 32.5 Å². The molecule has 0 aliphatic carbocycles. The lowest BCUT2D eigenvalue weighted by atomic mass is 9.95. The Bertz CT molecular complexity index is 787. The van der Waals surface area contributed by atoms with Crippen molar-refractivity contribution in [3.8, 4) is 0 Å². The average Bonchev–Trinajstić information content (AvgIpc) is 2.85. The van der Waals surface area contributed by atoms with Crippen LogP contribution < -0.4 is 5.32 Å². The molecule has 0 aromatic heterocycles. The highest BCUT2D eigenvalue weighted by Crippen LogP contribution is 2.22. The van der Waals surface area contributed by atoms with Gasteiger partial charge in [-0.3, -0.25) is 9.69 Å². The third-order valence-electron chi connectivity index (χ3n) is 5.07. The highest BCUT2D eigenvalue weighted by molar-refractivity contribution is 5.79. The molecule has 0 saturated carbocycles. The molecule has 2 aromatic carbocycles. The third kappa shape index (κ3) is 5.23. The molecular formula is C22H24F2N2O. The number of carbonyl (C=O) groups excluding carboxylic acids is 1. The van der Waals surface area contributed by atoms with Crippen LogP contribution in [0.3, 0.4) is 0 Å². The average molecular weight is 370 g/mol. The number of amides is 1. The Labute approximate surface area is 158 Å². The van der Waals surface area contributed by atoms with Crippen LogP contribution in [0.4, 0.5) is 8.78 Å². The largest absolute Gasteiger partial charge is 0.352 e. The molecule has 1 amide bonds. The molecule has 5 heteroatoms. The van der Waals surface area contributed by atoms with Crippen molar-refractivity contribution < 1.29 is 13.6 Å². The summed E-state index contributed by atoms with van der Waals surface area (Å²) in [5.41, 5.74) is 1.88. The second kappa shape index (κ2) is 8.91. The molecule has 1 aliphatic rings. The number of allylic oxidation sites excluding steroid dienone is 1. The van der Waals surface area contributed by atoms with Gasteiger partial charge in [0.1, 0.15) is 11.6 Å². The molecule has 0 fully saturated rings. The van der Waals surface area contributed by atoms with E-state index in [4.69, 9.17) is 0 Å². The molecule has 0 saturated heterocycles. The fraction of sp³-hybridized carbons (Fsp3) is 0.318. The lowest BCUT2D eigenvalue weighted by Crippen LogP contribution is -2.44. The Kier molecular flexibility index (Phi) is 6.35. The molecule has 142 valence electrons. The van der Waals surface area contributed by atoms with Crippen LogP contribution in [0.2, 0.25) is 0 Å². The van der Waals surface area contributed by atoms with Crippen LogP contribution in [0.1, 0.15) is 24.5 Å². The van der Waals surface area contributed by atoms with E-state index >= 15 is 0 Å². The first kappa shape index (κ1) is 19.2. The summed E-state index contributed by atoms with van der Waals surface area (Å²) >= 11 is 0. The van der Waals surface area contributed by atoms with Gasteiger partial charge in [-0.15, -0.1) is 0 Å². The zero-order valence-electron chi connectivity index (χ0n) is 15.4. The molecule has 1 heterocycles. The van der Waals surface area contributed by atoms with Crippen LogP contribution in [-0.4, -0.2) is 23.4 Å². The summed E-state index contributed by atoms with van der Waals surface area (Å²) in [6, 6.07) is 12.6. The first-order valence-electron chi connectivity index (χ1n) is 9.18. The number of hydrogen-bond acceptors (Lipinski definition) is 2. The van der Waals surface area contributed by atoms with Crippen LogP contribution in [0.5, 0.6) is 0 Å². The summed E-state index contributed by atoms with van der Waals surface area (Å²) in [5, 5.41) is 2.97. The van der Waals surface area contributed by atoms with E-state index in [2.05, 4.69) is 23.2 Å². The van der Waals surface area contributed by atoms with Gasteiger partial charge in [0.25, 0.3) is 0 Å². The molecule has 2 atom stereocenters. The second-order valence-corrected chi connectivity index (χ2v) is 6.95. The smallest absolute Gasteiger partial charge is 0.225 e. The quantitative estimate of drug-likeness (QED) is 0.806. The van der Waals surface area contributed by atoms with Crippen molar-refractivity contribution >= 4 is 5.91 Å². The van der Waals surface area contributed by atoms with Gasteiger partial charge in [0.15, 0.2) is 0 Å². The van der Waals surface area contributed by atoms with Gasteiger partial charge in [-0.05, 0) is 48.7 Å². The summed E-state index contributed by atoms with van der Waals surface area (Å²) in [6.45, 7) is 3.84. The minimum absolute atomic E-state index is 0.0116. The minimum atomic E-state index is -0.288. The number of carbonyl (C=O) groups is 1. The van der Waals surface area contributed by atoms with E-state index in [1.54, 1.807) is 24.3 Å². The molecule has 1 N–H and O–H groups in total. The Morgan fingerprint density at radius 3 is 2.22 bits per heavy atom. The second-order valence-electron chi connectivity index (χ2n) is 6.95. The zero-order chi connectivity index (χ0) is 19.2. The van der Waals surface area contributed by atoms with Crippen LogP contribution in [0, 0.1) is 17.6 Å². The molecule has 27 heavy (non-hydrogen) atoms. The van der Waals surface area contributed by atoms with Crippen molar-refractivity contribution in [1.29, 1.82) is 0 Å². The third-order valence-corrected chi connectivity index (χ3v) is 5.07. The summed E-state index contributed by atoms with van der Waals surface area (Å²) in [4.78, 5) is 15.0. The van der Waals surface area contributed by atoms with Crippen LogP contribution in [-0.2, 0) is 17.9 Å². The fourth-order valence-corrected chi connectivity index (χ4v) is 3.35. The van der Waals surface area contributed by atoms with Gasteiger partial charge < -0.3 is 5.32 Å². The van der Waals surface area contributed by atoms with Gasteiger partial charge in [-0.2, -0.15) is 0 Å². The Morgan fingerprint density at radius 2 is 1.59 bits per heavy atom. The van der Waals surface area contributed by atoms with E-state index in [0.29, 0.717) is 19.5 Å². The molecular weight excluding hydrogens is 346 g/mol. The van der Waals surface area contributed by atoms with E-state index in [1.165, 1.54) is 24.3 Å². The molecule has 3 nitrogen and oxygen atoms in total. The highest BCUT2D eigenvalue weighted by atomic mass is 19.1. The molecule has 0 radical (unpaired) electrons. The standard InChI is InChI=1S/C22H24F2N2O/c1-16-21(22(27)25-14-17-5-9-19(23)10-6-17)4-2-3-13-26(16)15-18-7-11-20(24)12-8-18/h2-3,5-12,16,21H,4,13-15H2,1H3,(H,25,27)/t16-,21+/m1/s1. The number of rotatable bonds is 5. The van der Waals surface area contributed by atoms with Gasteiger partial charge in [-0.1, -0.05) is 36.4 Å². The summed E-state index contributed by atoms with van der Waals surface area (Å²) in [6.07, 6.45) is 4.80. The SMILES string of the molecule is C[C@@H]1[C@@H](C(=O)NCc2ccc(F)cc2)CC=CCN1Cc1ccc(F)cc1. The van der Waals surface area contributed by atoms with E-state index in [1.807, 2.05) is 6.08 Å². The van der Waals surface area contributed by atoms with Crippen molar-refractivity contribution in [2.75, 3.05) is 6.54 Å². The van der Waals surface area contributed by atoms with E-state index < -0.39 is 0 Å². The van der Waals surface area contributed by atoms with Crippen LogP contribution in [0.15, 0.2) is 60.7 Å². The van der Waals surface area contributed by atoms with Crippen LogP contribution in [0.25, 0.3) is 0 Å². The van der Waals surface area contributed by atoms with Crippen molar-refractivity contribution in [3.05, 3.63) is 83.4 Å². The number of halogens is 2. The first-order chi connectivity index (χ1) is 13.0. The lowest BCUT2D eigenvalue weighted by Gasteiger charge is -2.31. The Hall–Kier alpha value is -2.53. The molecule has 2 aromatic rings. The monoisotopic (exact) mass is 370 g/mol. The Balaban J connectivity index is 1.63. The van der Waals surface area contributed by atoms with Gasteiger partial charge in [0, 0.05) is 25.7 Å². The van der Waals surface area contributed by atoms with E-state index in [-0.39, 0.29) is 29.5 Å². The van der Waals surface area contributed by atoms with Crippen molar-refractivity contribution in [3.63, 3.8) is 0 Å². The Morgan fingerprint density at radius 1 is 1.00 bits per heavy atom. The number of nitrogens with one attached hydrogen (secondary N) is 1. The molecule has 0 unspecified atom stereocenters. The number of hydrogen-bond donors (Lipinski definition) is 1. The predicted molar refractivity (Wildman–Crippen MR) is 102 cm³/mol. The first-order valence-corrected chi connectivity index (χ1v) is 9.18. The highest BCUT2D eigenvalue weighted by Gasteiger charge is 2.29. The summed E-state index contributed by atoms with van der Waals surface area (Å²) in [7, 11) is 0. The maximum Gasteiger partial charge on any atom is 0.225 e. The molecule has 3 rings (SSSR count). The maximum absolute atomic E-state index is 13.1. The summed E-state index contributed by atoms with van der Waals surface area (Å²) in [5.74, 6) is -0.725. The minimum Gasteiger partial charge on any atom is -0.352 e. The number of benzene rings is 2. The van der Waals surface area contributed by atoms with Crippen molar-refractivity contribution in [1.82, 2.24) is 10.2 Å². The fourth-order valence-electron chi connectivity index (χ4n) is 3.35. The van der Waals surface area contributed by atoms with Crippen molar-refractivity contribution in [2.24, 2.45) is 5.92 Å². The molecule has 0 bridgehead atoms.